The molecule has 5 rings (SSSR count). The molecule has 0 unspecified atom stereocenters. The molecule has 0 amide bonds. The lowest BCUT2D eigenvalue weighted by atomic mass is 9.63. The summed E-state index contributed by atoms with van der Waals surface area (Å²) in [6, 6.07) is 12.2. The van der Waals surface area contributed by atoms with E-state index in [1.165, 1.54) is 6.20 Å². The average molecular weight is 470 g/mol. The van der Waals surface area contributed by atoms with Gasteiger partial charge in [-0.15, -0.1) is 0 Å². The minimum atomic E-state index is -4.59. The summed E-state index contributed by atoms with van der Waals surface area (Å²) >= 11 is 0. The molecule has 4 aromatic rings. The zero-order chi connectivity index (χ0) is 24.3. The van der Waals surface area contributed by atoms with Crippen LogP contribution in [-0.2, 0) is 12.1 Å². The van der Waals surface area contributed by atoms with Gasteiger partial charge in [0.15, 0.2) is 0 Å². The van der Waals surface area contributed by atoms with E-state index in [1.54, 1.807) is 37.3 Å². The molecule has 3 N–H and O–H groups in total. The van der Waals surface area contributed by atoms with E-state index in [9.17, 15) is 23.1 Å². The van der Waals surface area contributed by atoms with Gasteiger partial charge >= 0.3 is 6.18 Å². The second-order valence-corrected chi connectivity index (χ2v) is 9.08. The third-order valence-corrected chi connectivity index (χ3v) is 6.06. The van der Waals surface area contributed by atoms with Crippen LogP contribution in [0.15, 0.2) is 64.2 Å². The molecule has 7 nitrogen and oxygen atoms in total. The Balaban J connectivity index is 1.66. The van der Waals surface area contributed by atoms with Crippen LogP contribution in [-0.4, -0.2) is 31.4 Å². The zero-order valence-corrected chi connectivity index (χ0v) is 18.1. The van der Waals surface area contributed by atoms with Crippen LogP contribution in [0.3, 0.4) is 0 Å². The van der Waals surface area contributed by atoms with Crippen LogP contribution >= 0.6 is 0 Å². The fraction of sp³-hybridized carbons (Fsp3) is 0.292. The lowest BCUT2D eigenvalue weighted by Gasteiger charge is -2.49. The van der Waals surface area contributed by atoms with Crippen molar-refractivity contribution in [1.29, 1.82) is 0 Å². The van der Waals surface area contributed by atoms with E-state index in [-0.39, 0.29) is 22.4 Å². The summed E-state index contributed by atoms with van der Waals surface area (Å²) in [5, 5.41) is 10.0. The van der Waals surface area contributed by atoms with E-state index in [1.807, 2.05) is 12.1 Å². The topological polar surface area (TPSA) is 107 Å². The number of hydrogen-bond acceptors (Lipinski definition) is 6. The highest BCUT2D eigenvalue weighted by Crippen LogP contribution is 2.46. The van der Waals surface area contributed by atoms with Gasteiger partial charge in [0.1, 0.15) is 24.0 Å². The first-order chi connectivity index (χ1) is 16.0. The maximum absolute atomic E-state index is 13.0. The third-order valence-electron chi connectivity index (χ3n) is 6.06. The normalized spacial score (nSPS) is 22.6. The van der Waals surface area contributed by atoms with Crippen LogP contribution in [0, 0.1) is 0 Å². The molecule has 0 bridgehead atoms. The third kappa shape index (κ3) is 3.88. The molecule has 10 heteroatoms. The Morgan fingerprint density at radius 2 is 1.85 bits per heavy atom. The molecule has 0 radical (unpaired) electrons. The van der Waals surface area contributed by atoms with Crippen LogP contribution in [0.25, 0.3) is 33.7 Å². The van der Waals surface area contributed by atoms with Gasteiger partial charge in [-0.2, -0.15) is 13.2 Å². The van der Waals surface area contributed by atoms with Crippen molar-refractivity contribution < 1.29 is 22.7 Å². The van der Waals surface area contributed by atoms with E-state index in [0.29, 0.717) is 28.7 Å². The quantitative estimate of drug-likeness (QED) is 0.467. The first-order valence-corrected chi connectivity index (χ1v) is 10.6. The number of furan rings is 1. The van der Waals surface area contributed by atoms with E-state index < -0.39 is 29.4 Å². The fourth-order valence-corrected chi connectivity index (χ4v) is 4.76. The number of halogens is 3. The highest BCUT2D eigenvalue weighted by atomic mass is 19.4. The van der Waals surface area contributed by atoms with Crippen molar-refractivity contribution in [3.05, 3.63) is 70.9 Å². The van der Waals surface area contributed by atoms with Gasteiger partial charge in [0.25, 0.3) is 5.56 Å². The maximum atomic E-state index is 13.0. The molecule has 1 aromatic carbocycles. The maximum Gasteiger partial charge on any atom is 0.406 e. The van der Waals surface area contributed by atoms with Gasteiger partial charge in [0.2, 0.25) is 5.71 Å². The Morgan fingerprint density at radius 1 is 1.15 bits per heavy atom. The number of benzene rings is 1. The SMILES string of the molecule is CC1(O)CC(N)(c2ccc(-c3oc4ncn(CC(F)(F)F)c(=O)c4c3-c3ccccn3)cc2)C1. The lowest BCUT2D eigenvalue weighted by Crippen LogP contribution is -2.58. The molecule has 0 saturated heterocycles. The Labute approximate surface area is 191 Å². The molecule has 0 aliphatic heterocycles. The van der Waals surface area contributed by atoms with Gasteiger partial charge in [-0.05, 0) is 37.5 Å². The minimum absolute atomic E-state index is 0.0742. The lowest BCUT2D eigenvalue weighted by molar-refractivity contribution is -0.141. The van der Waals surface area contributed by atoms with Crippen molar-refractivity contribution >= 4 is 11.1 Å². The molecule has 176 valence electrons. The van der Waals surface area contributed by atoms with Crippen LogP contribution in [0.1, 0.15) is 25.3 Å². The second-order valence-electron chi connectivity index (χ2n) is 9.08. The predicted molar refractivity (Wildman–Crippen MR) is 119 cm³/mol. The van der Waals surface area contributed by atoms with Gasteiger partial charge in [0, 0.05) is 17.3 Å². The Hall–Kier alpha value is -3.50. The van der Waals surface area contributed by atoms with Crippen LogP contribution < -0.4 is 11.3 Å². The first-order valence-electron chi connectivity index (χ1n) is 10.6. The molecular formula is C24H21F3N4O3. The van der Waals surface area contributed by atoms with Gasteiger partial charge < -0.3 is 15.3 Å². The Morgan fingerprint density at radius 3 is 2.44 bits per heavy atom. The highest BCUT2D eigenvalue weighted by Gasteiger charge is 2.49. The fourth-order valence-electron chi connectivity index (χ4n) is 4.76. The van der Waals surface area contributed by atoms with Crippen LogP contribution in [0.5, 0.6) is 0 Å². The number of nitrogens with zero attached hydrogens (tertiary/aromatic N) is 3. The average Bonchev–Trinajstić information content (AvgIpc) is 3.14. The number of hydrogen-bond donors (Lipinski definition) is 2. The molecule has 0 spiro atoms. The molecule has 3 heterocycles. The van der Waals surface area contributed by atoms with Crippen LogP contribution in [0.4, 0.5) is 13.2 Å². The number of fused-ring (bicyclic) bond motifs is 1. The standard InChI is InChI=1S/C24H21F3N4O3/c1-22(33)10-23(28,11-22)15-7-5-14(6-8-15)19-17(16-4-2-3-9-29-16)18-20(34-19)30-13-31(21(18)32)12-24(25,26)27/h2-9,13,33H,10-12,28H2,1H3. The van der Waals surface area contributed by atoms with Crippen molar-refractivity contribution in [2.24, 2.45) is 5.73 Å². The van der Waals surface area contributed by atoms with Crippen molar-refractivity contribution in [2.45, 2.75) is 43.6 Å². The second kappa shape index (κ2) is 7.51. The highest BCUT2D eigenvalue weighted by molar-refractivity contribution is 5.98. The van der Waals surface area contributed by atoms with E-state index in [0.717, 1.165) is 11.9 Å². The summed E-state index contributed by atoms with van der Waals surface area (Å²) in [4.78, 5) is 21.3. The summed E-state index contributed by atoms with van der Waals surface area (Å²) in [6.07, 6.45) is -1.39. The Kier molecular flexibility index (Phi) is 4.92. The predicted octanol–water partition coefficient (Wildman–Crippen LogP) is 3.98. The molecule has 1 fully saturated rings. The molecule has 3 aromatic heterocycles. The van der Waals surface area contributed by atoms with Gasteiger partial charge in [0.05, 0.1) is 16.9 Å². The van der Waals surface area contributed by atoms with Crippen molar-refractivity contribution in [3.63, 3.8) is 0 Å². The van der Waals surface area contributed by atoms with Crippen LogP contribution in [0.2, 0.25) is 0 Å². The summed E-state index contributed by atoms with van der Waals surface area (Å²) in [5.41, 5.74) is 6.08. The number of alkyl halides is 3. The van der Waals surface area contributed by atoms with Crippen molar-refractivity contribution in [1.82, 2.24) is 14.5 Å². The van der Waals surface area contributed by atoms with E-state index in [4.69, 9.17) is 10.2 Å². The number of aromatic nitrogens is 3. The van der Waals surface area contributed by atoms with E-state index >= 15 is 0 Å². The number of aliphatic hydroxyl groups is 1. The number of nitrogens with two attached hydrogens (primary N) is 1. The summed E-state index contributed by atoms with van der Waals surface area (Å²) in [5.74, 6) is 0.265. The minimum Gasteiger partial charge on any atom is -0.437 e. The van der Waals surface area contributed by atoms with Gasteiger partial charge in [-0.1, -0.05) is 30.3 Å². The van der Waals surface area contributed by atoms with Gasteiger partial charge in [-0.3, -0.25) is 14.3 Å². The van der Waals surface area contributed by atoms with Crippen molar-refractivity contribution in [3.8, 4) is 22.6 Å². The molecule has 1 aliphatic carbocycles. The molecule has 1 saturated carbocycles. The smallest absolute Gasteiger partial charge is 0.406 e. The Bertz CT molecular complexity index is 1420. The molecular weight excluding hydrogens is 449 g/mol. The summed E-state index contributed by atoms with van der Waals surface area (Å²) in [6.45, 7) is 0.270. The van der Waals surface area contributed by atoms with Crippen molar-refractivity contribution in [2.75, 3.05) is 0 Å². The largest absolute Gasteiger partial charge is 0.437 e. The molecule has 1 aliphatic rings. The summed E-state index contributed by atoms with van der Waals surface area (Å²) < 4.78 is 45.3. The monoisotopic (exact) mass is 470 g/mol. The number of pyridine rings is 1. The first kappa shape index (κ1) is 22.3. The summed E-state index contributed by atoms with van der Waals surface area (Å²) in [7, 11) is 0. The zero-order valence-electron chi connectivity index (χ0n) is 18.1. The number of rotatable bonds is 4. The molecule has 34 heavy (non-hydrogen) atoms. The van der Waals surface area contributed by atoms with Gasteiger partial charge in [-0.25, -0.2) is 4.98 Å². The van der Waals surface area contributed by atoms with E-state index in [2.05, 4.69) is 9.97 Å². The molecule has 0 atom stereocenters.